The van der Waals surface area contributed by atoms with E-state index in [1.165, 1.54) is 0 Å². The van der Waals surface area contributed by atoms with Crippen molar-refractivity contribution < 1.29 is 18.7 Å². The molecule has 2 aliphatic rings. The number of ether oxygens (including phenoxy) is 1. The van der Waals surface area contributed by atoms with E-state index in [1.807, 2.05) is 53.1 Å². The quantitative estimate of drug-likeness (QED) is 0.750. The third-order valence-corrected chi connectivity index (χ3v) is 6.65. The molecule has 0 radical (unpaired) electrons. The van der Waals surface area contributed by atoms with Crippen LogP contribution in [0.25, 0.3) is 0 Å². The number of anilines is 1. The Labute approximate surface area is 174 Å². The van der Waals surface area contributed by atoms with Crippen LogP contribution < -0.4 is 9.64 Å². The van der Waals surface area contributed by atoms with Crippen molar-refractivity contribution in [3.8, 4) is 5.75 Å². The van der Waals surface area contributed by atoms with Gasteiger partial charge in [-0.1, -0.05) is 0 Å². The Morgan fingerprint density at radius 3 is 2.72 bits per heavy atom. The van der Waals surface area contributed by atoms with E-state index in [4.69, 9.17) is 9.15 Å². The SMILES string of the molecule is COc1ccc(N2CCN(CC(=O)N3CCSC(c4ccco4)CC3)C2=O)cc1. The summed E-state index contributed by atoms with van der Waals surface area (Å²) in [5, 5.41) is 0.279. The molecule has 3 heterocycles. The lowest BCUT2D eigenvalue weighted by molar-refractivity contribution is -0.131. The van der Waals surface area contributed by atoms with Crippen molar-refractivity contribution in [2.24, 2.45) is 0 Å². The molecule has 1 aromatic carbocycles. The van der Waals surface area contributed by atoms with Crippen molar-refractivity contribution >= 4 is 29.4 Å². The van der Waals surface area contributed by atoms with Crippen LogP contribution in [0.4, 0.5) is 10.5 Å². The summed E-state index contributed by atoms with van der Waals surface area (Å²) < 4.78 is 10.7. The number of rotatable bonds is 5. The highest BCUT2D eigenvalue weighted by Gasteiger charge is 2.32. The maximum absolute atomic E-state index is 12.8. The fourth-order valence-electron chi connectivity index (χ4n) is 3.72. The summed E-state index contributed by atoms with van der Waals surface area (Å²) in [6.07, 6.45) is 2.55. The number of carbonyl (C=O) groups excluding carboxylic acids is 2. The summed E-state index contributed by atoms with van der Waals surface area (Å²) in [6.45, 7) is 2.64. The number of nitrogens with zero attached hydrogens (tertiary/aromatic N) is 3. The van der Waals surface area contributed by atoms with Crippen LogP contribution in [0.2, 0.25) is 0 Å². The summed E-state index contributed by atoms with van der Waals surface area (Å²) in [4.78, 5) is 30.8. The van der Waals surface area contributed by atoms with Crippen LogP contribution in [-0.4, -0.2) is 67.3 Å². The van der Waals surface area contributed by atoms with Crippen molar-refractivity contribution in [3.63, 3.8) is 0 Å². The molecule has 1 atom stereocenters. The Morgan fingerprint density at radius 2 is 2.00 bits per heavy atom. The second kappa shape index (κ2) is 8.82. The van der Waals surface area contributed by atoms with Crippen LogP contribution in [0.5, 0.6) is 5.75 Å². The molecular weight excluding hydrogens is 390 g/mol. The number of carbonyl (C=O) groups is 2. The number of benzene rings is 1. The van der Waals surface area contributed by atoms with Gasteiger partial charge in [-0.25, -0.2) is 4.79 Å². The molecule has 0 aliphatic carbocycles. The number of methoxy groups -OCH3 is 1. The van der Waals surface area contributed by atoms with Crippen LogP contribution in [0, 0.1) is 0 Å². The van der Waals surface area contributed by atoms with Gasteiger partial charge in [0.1, 0.15) is 18.1 Å². The lowest BCUT2D eigenvalue weighted by atomic mass is 10.2. The molecule has 1 aromatic heterocycles. The monoisotopic (exact) mass is 415 g/mol. The zero-order valence-corrected chi connectivity index (χ0v) is 17.3. The van der Waals surface area contributed by atoms with E-state index >= 15 is 0 Å². The Hall–Kier alpha value is -2.61. The minimum absolute atomic E-state index is 0.00984. The molecule has 1 unspecified atom stereocenters. The fourth-order valence-corrected chi connectivity index (χ4v) is 4.90. The van der Waals surface area contributed by atoms with Gasteiger partial charge in [0, 0.05) is 37.6 Å². The summed E-state index contributed by atoms with van der Waals surface area (Å²) in [5.74, 6) is 2.59. The molecule has 154 valence electrons. The van der Waals surface area contributed by atoms with Gasteiger partial charge in [0.25, 0.3) is 0 Å². The van der Waals surface area contributed by atoms with E-state index in [0.717, 1.165) is 29.4 Å². The van der Waals surface area contributed by atoms with Crippen LogP contribution in [0.15, 0.2) is 47.1 Å². The molecule has 0 saturated carbocycles. The maximum atomic E-state index is 12.8. The van der Waals surface area contributed by atoms with Crippen molar-refractivity contribution in [2.45, 2.75) is 11.7 Å². The lowest BCUT2D eigenvalue weighted by Gasteiger charge is -2.24. The Bertz CT molecular complexity index is 840. The molecular formula is C21H25N3O4S. The second-order valence-electron chi connectivity index (χ2n) is 7.10. The fraction of sp³-hybridized carbons (Fsp3) is 0.429. The molecule has 2 saturated heterocycles. The van der Waals surface area contributed by atoms with Gasteiger partial charge in [0.2, 0.25) is 5.91 Å². The largest absolute Gasteiger partial charge is 0.497 e. The van der Waals surface area contributed by atoms with Crippen molar-refractivity contribution in [2.75, 3.05) is 50.5 Å². The first-order valence-electron chi connectivity index (χ1n) is 9.79. The van der Waals surface area contributed by atoms with E-state index in [9.17, 15) is 9.59 Å². The molecule has 2 aromatic rings. The average Bonchev–Trinajstić information content (AvgIpc) is 3.33. The number of furan rings is 1. The summed E-state index contributed by atoms with van der Waals surface area (Å²) in [6, 6.07) is 11.2. The predicted octanol–water partition coefficient (Wildman–Crippen LogP) is 3.24. The molecule has 29 heavy (non-hydrogen) atoms. The van der Waals surface area contributed by atoms with E-state index < -0.39 is 0 Å². The molecule has 3 amide bonds. The third-order valence-electron chi connectivity index (χ3n) is 5.36. The Balaban J connectivity index is 1.33. The van der Waals surface area contributed by atoms with Gasteiger partial charge >= 0.3 is 6.03 Å². The zero-order valence-electron chi connectivity index (χ0n) is 16.5. The topological polar surface area (TPSA) is 66.2 Å². The van der Waals surface area contributed by atoms with Crippen molar-refractivity contribution in [3.05, 3.63) is 48.4 Å². The third kappa shape index (κ3) is 4.37. The van der Waals surface area contributed by atoms with Crippen LogP contribution in [-0.2, 0) is 4.79 Å². The highest BCUT2D eigenvalue weighted by atomic mass is 32.2. The summed E-state index contributed by atoms with van der Waals surface area (Å²) in [5.41, 5.74) is 0.818. The normalized spacial score (nSPS) is 20.1. The molecule has 0 spiro atoms. The van der Waals surface area contributed by atoms with Gasteiger partial charge in [-0.3, -0.25) is 9.69 Å². The second-order valence-corrected chi connectivity index (χ2v) is 8.41. The number of amides is 3. The zero-order chi connectivity index (χ0) is 20.2. The molecule has 4 rings (SSSR count). The first kappa shape index (κ1) is 19.7. The molecule has 2 fully saturated rings. The maximum Gasteiger partial charge on any atom is 0.325 e. The highest BCUT2D eigenvalue weighted by molar-refractivity contribution is 7.99. The molecule has 8 heteroatoms. The summed E-state index contributed by atoms with van der Waals surface area (Å²) >= 11 is 1.82. The number of hydrogen-bond donors (Lipinski definition) is 0. The molecule has 0 bridgehead atoms. The minimum atomic E-state index is -0.124. The van der Waals surface area contributed by atoms with Gasteiger partial charge in [-0.15, -0.1) is 11.8 Å². The van der Waals surface area contributed by atoms with Gasteiger partial charge in [0.05, 0.1) is 18.6 Å². The molecule has 7 nitrogen and oxygen atoms in total. The molecule has 0 N–H and O–H groups in total. The first-order chi connectivity index (χ1) is 14.2. The first-order valence-corrected chi connectivity index (χ1v) is 10.8. The van der Waals surface area contributed by atoms with Crippen molar-refractivity contribution in [1.29, 1.82) is 0 Å². The summed E-state index contributed by atoms with van der Waals surface area (Å²) in [7, 11) is 1.61. The van der Waals surface area contributed by atoms with Crippen LogP contribution >= 0.6 is 11.8 Å². The number of thioether (sulfide) groups is 1. The van der Waals surface area contributed by atoms with Gasteiger partial charge < -0.3 is 19.0 Å². The van der Waals surface area contributed by atoms with Crippen LogP contribution in [0.3, 0.4) is 0 Å². The van der Waals surface area contributed by atoms with E-state index in [1.54, 1.807) is 23.2 Å². The lowest BCUT2D eigenvalue weighted by Crippen LogP contribution is -2.43. The van der Waals surface area contributed by atoms with Gasteiger partial charge in [-0.2, -0.15) is 0 Å². The van der Waals surface area contributed by atoms with Gasteiger partial charge in [0.15, 0.2) is 0 Å². The van der Waals surface area contributed by atoms with Gasteiger partial charge in [-0.05, 0) is 42.8 Å². The van der Waals surface area contributed by atoms with E-state index in [2.05, 4.69) is 0 Å². The van der Waals surface area contributed by atoms with Crippen molar-refractivity contribution in [1.82, 2.24) is 9.80 Å². The minimum Gasteiger partial charge on any atom is -0.497 e. The van der Waals surface area contributed by atoms with E-state index in [0.29, 0.717) is 26.2 Å². The number of hydrogen-bond acceptors (Lipinski definition) is 5. The Kier molecular flexibility index (Phi) is 5.99. The Morgan fingerprint density at radius 1 is 1.17 bits per heavy atom. The van der Waals surface area contributed by atoms with Crippen LogP contribution in [0.1, 0.15) is 17.4 Å². The smallest absolute Gasteiger partial charge is 0.325 e. The van der Waals surface area contributed by atoms with E-state index in [-0.39, 0.29) is 23.7 Å². The predicted molar refractivity (Wildman–Crippen MR) is 112 cm³/mol. The standard InChI is InChI=1S/C21H25N3O4S/c1-27-17-6-4-16(5-7-17)24-11-10-23(21(24)26)15-20(25)22-9-8-19(29-14-12-22)18-3-2-13-28-18/h2-7,13,19H,8-12,14-15H2,1H3. The molecule has 2 aliphatic heterocycles. The average molecular weight is 416 g/mol. The number of urea groups is 1. The highest BCUT2D eigenvalue weighted by Crippen LogP contribution is 2.34.